The highest BCUT2D eigenvalue weighted by atomic mass is 16.6. The Bertz CT molecular complexity index is 1520. The highest BCUT2D eigenvalue weighted by Gasteiger charge is 2.19. The molecule has 0 rings (SSSR count). The van der Waals surface area contributed by atoms with E-state index in [9.17, 15) is 14.4 Å². The molecule has 0 radical (unpaired) electrons. The number of hydrogen-bond acceptors (Lipinski definition) is 6. The van der Waals surface area contributed by atoms with Crippen LogP contribution in [0, 0.1) is 0 Å². The first-order valence-electron chi connectivity index (χ1n) is 34.6. The van der Waals surface area contributed by atoms with E-state index in [0.29, 0.717) is 19.3 Å². The maximum atomic E-state index is 12.9. The van der Waals surface area contributed by atoms with E-state index in [1.165, 1.54) is 199 Å². The number of ether oxygens (including phenoxy) is 3. The molecule has 0 aromatic rings. The minimum Gasteiger partial charge on any atom is -0.462 e. The molecule has 0 aromatic heterocycles. The van der Waals surface area contributed by atoms with Gasteiger partial charge in [0.05, 0.1) is 0 Å². The van der Waals surface area contributed by atoms with Crippen LogP contribution in [-0.4, -0.2) is 37.2 Å². The zero-order valence-electron chi connectivity index (χ0n) is 53.1. The summed E-state index contributed by atoms with van der Waals surface area (Å²) in [5.41, 5.74) is 0. The maximum Gasteiger partial charge on any atom is 0.306 e. The van der Waals surface area contributed by atoms with Crippen molar-refractivity contribution in [2.24, 2.45) is 0 Å². The number of allylic oxidation sites excluding steroid dienone is 14. The molecule has 0 aliphatic rings. The van der Waals surface area contributed by atoms with E-state index in [2.05, 4.69) is 106 Å². The van der Waals surface area contributed by atoms with E-state index in [-0.39, 0.29) is 31.1 Å². The minimum absolute atomic E-state index is 0.0826. The molecule has 0 aliphatic heterocycles. The Hall–Kier alpha value is -3.41. The fourth-order valence-corrected chi connectivity index (χ4v) is 9.93. The largest absolute Gasteiger partial charge is 0.462 e. The third-order valence-corrected chi connectivity index (χ3v) is 15.1. The van der Waals surface area contributed by atoms with Gasteiger partial charge < -0.3 is 14.2 Å². The van der Waals surface area contributed by atoms with Crippen LogP contribution in [0.5, 0.6) is 0 Å². The summed E-state index contributed by atoms with van der Waals surface area (Å²) in [6.45, 7) is 6.53. The van der Waals surface area contributed by atoms with Crippen LogP contribution in [0.15, 0.2) is 85.1 Å². The number of esters is 3. The first-order valence-corrected chi connectivity index (χ1v) is 34.6. The maximum absolute atomic E-state index is 12.9. The van der Waals surface area contributed by atoms with Crippen molar-refractivity contribution in [1.82, 2.24) is 0 Å². The fraction of sp³-hybridized carbons (Fsp3) is 0.770. The van der Waals surface area contributed by atoms with Gasteiger partial charge >= 0.3 is 17.9 Å². The SMILES string of the molecule is CC/C=C\C/C=C\C/C=C\C/C=C\CCCCCCCCC(=O)OC(COC(=O)CCCCCCC/C=C\CCCCCCC)COC(=O)CCCCCCCCCCCCCCCCCCC/C=C\C/C=C\CCCCCCC. The minimum atomic E-state index is -0.788. The molecule has 0 heterocycles. The van der Waals surface area contributed by atoms with Crippen LogP contribution in [0.1, 0.15) is 348 Å². The smallest absolute Gasteiger partial charge is 0.306 e. The summed E-state index contributed by atoms with van der Waals surface area (Å²) in [5, 5.41) is 0. The van der Waals surface area contributed by atoms with E-state index in [1.807, 2.05) is 0 Å². The molecular formula is C74H130O6. The molecule has 6 heteroatoms. The summed E-state index contributed by atoms with van der Waals surface area (Å²) >= 11 is 0. The zero-order chi connectivity index (χ0) is 57.8. The second kappa shape index (κ2) is 68.1. The Morgan fingerprint density at radius 2 is 0.487 bits per heavy atom. The Kier molecular flexibility index (Phi) is 65.2. The Morgan fingerprint density at radius 3 is 0.775 bits per heavy atom. The van der Waals surface area contributed by atoms with Gasteiger partial charge in [-0.3, -0.25) is 14.4 Å². The molecule has 0 bridgehead atoms. The summed E-state index contributed by atoms with van der Waals surface area (Å²) < 4.78 is 17.0. The molecule has 1 unspecified atom stereocenters. The molecule has 0 aliphatic carbocycles. The number of unbranched alkanes of at least 4 members (excludes halogenated alkanes) is 38. The first-order chi connectivity index (χ1) is 39.5. The van der Waals surface area contributed by atoms with Crippen LogP contribution in [0.25, 0.3) is 0 Å². The number of rotatable bonds is 63. The third-order valence-electron chi connectivity index (χ3n) is 15.1. The van der Waals surface area contributed by atoms with Crippen LogP contribution in [-0.2, 0) is 28.6 Å². The van der Waals surface area contributed by atoms with Gasteiger partial charge in [-0.1, -0.05) is 298 Å². The predicted molar refractivity (Wildman–Crippen MR) is 348 cm³/mol. The lowest BCUT2D eigenvalue weighted by Gasteiger charge is -2.18. The molecule has 0 spiro atoms. The van der Waals surface area contributed by atoms with Crippen molar-refractivity contribution in [3.63, 3.8) is 0 Å². The van der Waals surface area contributed by atoms with Gasteiger partial charge in [0.1, 0.15) is 13.2 Å². The Morgan fingerprint density at radius 1 is 0.263 bits per heavy atom. The van der Waals surface area contributed by atoms with E-state index in [1.54, 1.807) is 0 Å². The van der Waals surface area contributed by atoms with Gasteiger partial charge in [0.15, 0.2) is 6.10 Å². The molecule has 0 saturated carbocycles. The topological polar surface area (TPSA) is 78.9 Å². The fourth-order valence-electron chi connectivity index (χ4n) is 9.93. The molecule has 0 saturated heterocycles. The monoisotopic (exact) mass is 1110 g/mol. The standard InChI is InChI=1S/C74H130O6/c1-4-7-10-13-16-19-22-25-28-30-32-33-34-35-36-37-38-39-40-41-43-44-46-49-52-55-58-61-64-67-73(76)79-70-71(69-78-72(75)66-63-60-57-54-51-48-27-24-21-18-15-12-9-6-3)80-74(77)68-65-62-59-56-53-50-47-45-42-31-29-26-23-20-17-14-11-8-5-2/h8,11,17,20,22,24-27,29-30,32,42,45,71H,4-7,9-10,12-16,18-19,21,23,28,31,33-41,43-44,46-70H2,1-3H3/b11-8-,20-17-,25-22-,27-24-,29-26-,32-30-,45-42-. The van der Waals surface area contributed by atoms with Crippen molar-refractivity contribution in [3.8, 4) is 0 Å². The number of carbonyl (C=O) groups excluding carboxylic acids is 3. The van der Waals surface area contributed by atoms with Crippen molar-refractivity contribution >= 4 is 17.9 Å². The van der Waals surface area contributed by atoms with Crippen LogP contribution in [0.3, 0.4) is 0 Å². The molecule has 0 N–H and O–H groups in total. The first kappa shape index (κ1) is 76.6. The van der Waals surface area contributed by atoms with Gasteiger partial charge in [0, 0.05) is 19.3 Å². The Labute approximate surface area is 496 Å². The third kappa shape index (κ3) is 65.4. The quantitative estimate of drug-likeness (QED) is 0.0261. The molecular weight excluding hydrogens is 985 g/mol. The molecule has 0 aromatic carbocycles. The van der Waals surface area contributed by atoms with Crippen LogP contribution >= 0.6 is 0 Å². The van der Waals surface area contributed by atoms with Gasteiger partial charge in [-0.05, 0) is 116 Å². The Balaban J connectivity index is 4.26. The summed E-state index contributed by atoms with van der Waals surface area (Å²) in [6, 6.07) is 0. The summed E-state index contributed by atoms with van der Waals surface area (Å²) in [6.07, 6.45) is 90.4. The highest BCUT2D eigenvalue weighted by molar-refractivity contribution is 5.71. The molecule has 1 atom stereocenters. The van der Waals surface area contributed by atoms with Gasteiger partial charge in [-0.15, -0.1) is 0 Å². The zero-order valence-corrected chi connectivity index (χ0v) is 53.1. The second-order valence-electron chi connectivity index (χ2n) is 23.1. The van der Waals surface area contributed by atoms with Crippen molar-refractivity contribution < 1.29 is 28.6 Å². The van der Waals surface area contributed by atoms with E-state index in [0.717, 1.165) is 109 Å². The summed E-state index contributed by atoms with van der Waals surface area (Å²) in [5.74, 6) is -0.890. The number of carbonyl (C=O) groups is 3. The average molecular weight is 1120 g/mol. The van der Waals surface area contributed by atoms with Gasteiger partial charge in [0.25, 0.3) is 0 Å². The van der Waals surface area contributed by atoms with Gasteiger partial charge in [-0.25, -0.2) is 0 Å². The van der Waals surface area contributed by atoms with Crippen LogP contribution < -0.4 is 0 Å². The normalized spacial score (nSPS) is 12.6. The lowest BCUT2D eigenvalue weighted by Crippen LogP contribution is -2.30. The highest BCUT2D eigenvalue weighted by Crippen LogP contribution is 2.17. The molecule has 0 amide bonds. The van der Waals surface area contributed by atoms with E-state index in [4.69, 9.17) is 14.2 Å². The second-order valence-corrected chi connectivity index (χ2v) is 23.1. The predicted octanol–water partition coefficient (Wildman–Crippen LogP) is 23.8. The lowest BCUT2D eigenvalue weighted by atomic mass is 10.0. The van der Waals surface area contributed by atoms with E-state index < -0.39 is 6.10 Å². The summed E-state index contributed by atoms with van der Waals surface area (Å²) in [7, 11) is 0. The van der Waals surface area contributed by atoms with Crippen LogP contribution in [0.4, 0.5) is 0 Å². The van der Waals surface area contributed by atoms with Gasteiger partial charge in [-0.2, -0.15) is 0 Å². The van der Waals surface area contributed by atoms with E-state index >= 15 is 0 Å². The molecule has 80 heavy (non-hydrogen) atoms. The van der Waals surface area contributed by atoms with Crippen molar-refractivity contribution in [1.29, 1.82) is 0 Å². The van der Waals surface area contributed by atoms with Crippen molar-refractivity contribution in [2.45, 2.75) is 354 Å². The molecule has 0 fully saturated rings. The van der Waals surface area contributed by atoms with Crippen molar-refractivity contribution in [3.05, 3.63) is 85.1 Å². The van der Waals surface area contributed by atoms with Crippen molar-refractivity contribution in [2.75, 3.05) is 13.2 Å². The molecule has 6 nitrogen and oxygen atoms in total. The molecule has 462 valence electrons. The summed E-state index contributed by atoms with van der Waals surface area (Å²) in [4.78, 5) is 38.4. The number of hydrogen-bond donors (Lipinski definition) is 0. The van der Waals surface area contributed by atoms with Gasteiger partial charge in [0.2, 0.25) is 0 Å². The lowest BCUT2D eigenvalue weighted by molar-refractivity contribution is -0.167. The van der Waals surface area contributed by atoms with Crippen LogP contribution in [0.2, 0.25) is 0 Å². The average Bonchev–Trinajstić information content (AvgIpc) is 3.46.